The van der Waals surface area contributed by atoms with E-state index >= 15 is 0 Å². The number of ether oxygens (including phenoxy) is 4. The number of hydrogen-bond acceptors (Lipinski definition) is 9. The van der Waals surface area contributed by atoms with E-state index in [9.17, 15) is 25.2 Å². The number of carbonyl (C=O) groups excluding carboxylic acids is 1. The molecule has 9 nitrogen and oxygen atoms in total. The van der Waals surface area contributed by atoms with Gasteiger partial charge in [-0.1, -0.05) is 45.9 Å². The van der Waals surface area contributed by atoms with Gasteiger partial charge in [0.05, 0.1) is 13.2 Å². The normalized spacial score (nSPS) is 26.8. The average molecular weight is 428 g/mol. The summed E-state index contributed by atoms with van der Waals surface area (Å²) in [5.41, 5.74) is 1.80. The minimum Gasteiger partial charge on any atom is -0.432 e. The fourth-order valence-electron chi connectivity index (χ4n) is 3.21. The number of hydrogen-bond donors (Lipinski definition) is 4. The van der Waals surface area contributed by atoms with Crippen LogP contribution >= 0.6 is 0 Å². The molecule has 0 aromatic heterocycles. The summed E-state index contributed by atoms with van der Waals surface area (Å²) in [5.74, 6) is 0.796. The second-order valence-corrected chi connectivity index (χ2v) is 7.84. The summed E-state index contributed by atoms with van der Waals surface area (Å²) in [6, 6.07) is 5.74. The summed E-state index contributed by atoms with van der Waals surface area (Å²) in [5, 5.41) is 38.6. The summed E-state index contributed by atoms with van der Waals surface area (Å²) >= 11 is 0. The maximum absolute atomic E-state index is 12.2. The molecule has 0 amide bonds. The van der Waals surface area contributed by atoms with Gasteiger partial charge in [-0.2, -0.15) is 0 Å². The Morgan fingerprint density at radius 1 is 1.00 bits per heavy atom. The van der Waals surface area contributed by atoms with Crippen molar-refractivity contribution in [2.24, 2.45) is 0 Å². The first-order chi connectivity index (χ1) is 14.2. The first kappa shape index (κ1) is 24.5. The first-order valence-electron chi connectivity index (χ1n) is 10.1. The van der Waals surface area contributed by atoms with Crippen molar-refractivity contribution in [3.63, 3.8) is 0 Å². The largest absolute Gasteiger partial charge is 0.513 e. The Labute approximate surface area is 176 Å². The fraction of sp³-hybridized carbons (Fsp3) is 0.667. The molecule has 0 spiro atoms. The van der Waals surface area contributed by atoms with Crippen LogP contribution in [-0.2, 0) is 14.2 Å². The van der Waals surface area contributed by atoms with Gasteiger partial charge < -0.3 is 39.4 Å². The smallest absolute Gasteiger partial charge is 0.432 e. The molecule has 1 aliphatic rings. The molecule has 0 radical (unpaired) electrons. The highest BCUT2D eigenvalue weighted by atomic mass is 16.7. The van der Waals surface area contributed by atoms with Crippen LogP contribution in [0.4, 0.5) is 4.79 Å². The Balaban J connectivity index is 1.89. The van der Waals surface area contributed by atoms with Crippen molar-refractivity contribution >= 4 is 6.16 Å². The molecule has 1 aliphatic heterocycles. The molecule has 30 heavy (non-hydrogen) atoms. The van der Waals surface area contributed by atoms with E-state index in [0.717, 1.165) is 11.1 Å². The van der Waals surface area contributed by atoms with Gasteiger partial charge in [0.2, 0.25) is 0 Å². The molecular formula is C21H32O9. The van der Waals surface area contributed by atoms with Gasteiger partial charge in [-0.15, -0.1) is 0 Å². The number of rotatable bonds is 8. The molecule has 0 saturated carbocycles. The van der Waals surface area contributed by atoms with Gasteiger partial charge in [0, 0.05) is 0 Å². The molecule has 4 N–H and O–H groups in total. The lowest BCUT2D eigenvalue weighted by molar-refractivity contribution is -0.302. The predicted molar refractivity (Wildman–Crippen MR) is 106 cm³/mol. The molecule has 1 unspecified atom stereocenters. The Morgan fingerprint density at radius 2 is 1.60 bits per heavy atom. The van der Waals surface area contributed by atoms with E-state index in [-0.39, 0.29) is 25.0 Å². The van der Waals surface area contributed by atoms with Crippen LogP contribution in [-0.4, -0.2) is 77.1 Å². The molecule has 1 heterocycles. The zero-order chi connectivity index (χ0) is 22.4. The summed E-state index contributed by atoms with van der Waals surface area (Å²) in [6.07, 6.45) is -7.75. The summed E-state index contributed by atoms with van der Waals surface area (Å²) in [7, 11) is 0. The number of para-hydroxylation sites is 1. The monoisotopic (exact) mass is 428 g/mol. The molecule has 170 valence electrons. The third-order valence-corrected chi connectivity index (χ3v) is 4.94. The van der Waals surface area contributed by atoms with Crippen molar-refractivity contribution in [1.82, 2.24) is 0 Å². The van der Waals surface area contributed by atoms with Crippen molar-refractivity contribution in [3.8, 4) is 5.75 Å². The molecule has 5 atom stereocenters. The summed E-state index contributed by atoms with van der Waals surface area (Å²) in [6.45, 7) is 7.13. The lowest BCUT2D eigenvalue weighted by Gasteiger charge is -2.39. The highest BCUT2D eigenvalue weighted by Crippen LogP contribution is 2.34. The van der Waals surface area contributed by atoms with Crippen molar-refractivity contribution in [2.75, 3.05) is 19.8 Å². The van der Waals surface area contributed by atoms with Crippen molar-refractivity contribution in [1.29, 1.82) is 0 Å². The van der Waals surface area contributed by atoms with Gasteiger partial charge in [-0.25, -0.2) is 4.79 Å². The quantitative estimate of drug-likeness (QED) is 0.274. The van der Waals surface area contributed by atoms with Crippen LogP contribution in [0, 0.1) is 0 Å². The minimum absolute atomic E-state index is 0.152. The second kappa shape index (κ2) is 11.0. The highest BCUT2D eigenvalue weighted by Gasteiger charge is 2.43. The topological polar surface area (TPSA) is 135 Å². The molecular weight excluding hydrogens is 396 g/mol. The number of aliphatic hydroxyl groups excluding tert-OH is 4. The van der Waals surface area contributed by atoms with Gasteiger partial charge >= 0.3 is 6.16 Å². The van der Waals surface area contributed by atoms with Gasteiger partial charge in [0.25, 0.3) is 0 Å². The van der Waals surface area contributed by atoms with E-state index in [0.29, 0.717) is 5.75 Å². The first-order valence-corrected chi connectivity index (χ1v) is 10.1. The van der Waals surface area contributed by atoms with Gasteiger partial charge in [0.15, 0.2) is 6.29 Å². The van der Waals surface area contributed by atoms with Crippen LogP contribution < -0.4 is 4.74 Å². The molecule has 0 aliphatic carbocycles. The SMILES string of the molecule is CC(C)c1cccc(C(C)C)c1OC(=O)OCCOC1O[C@H](CO)[C@@H](O)[C@H](O)[C@H]1O. The van der Waals surface area contributed by atoms with E-state index in [1.807, 2.05) is 45.9 Å². The Kier molecular flexibility index (Phi) is 9.02. The predicted octanol–water partition coefficient (Wildman–Crippen LogP) is 1.27. The average Bonchev–Trinajstić information content (AvgIpc) is 2.70. The lowest BCUT2D eigenvalue weighted by atomic mass is 9.94. The van der Waals surface area contributed by atoms with Crippen LogP contribution in [0.2, 0.25) is 0 Å². The van der Waals surface area contributed by atoms with E-state index in [1.165, 1.54) is 0 Å². The van der Waals surface area contributed by atoms with Crippen molar-refractivity contribution < 1.29 is 44.2 Å². The Morgan fingerprint density at radius 3 is 2.13 bits per heavy atom. The zero-order valence-corrected chi connectivity index (χ0v) is 17.7. The fourth-order valence-corrected chi connectivity index (χ4v) is 3.21. The van der Waals surface area contributed by atoms with E-state index in [4.69, 9.17) is 18.9 Å². The van der Waals surface area contributed by atoms with Crippen LogP contribution in [0.15, 0.2) is 18.2 Å². The van der Waals surface area contributed by atoms with Gasteiger partial charge in [-0.3, -0.25) is 0 Å². The highest BCUT2D eigenvalue weighted by molar-refractivity contribution is 5.66. The van der Waals surface area contributed by atoms with Crippen LogP contribution in [0.1, 0.15) is 50.7 Å². The Hall–Kier alpha value is -1.75. The van der Waals surface area contributed by atoms with Crippen LogP contribution in [0.3, 0.4) is 0 Å². The zero-order valence-electron chi connectivity index (χ0n) is 17.7. The van der Waals surface area contributed by atoms with Crippen LogP contribution in [0.5, 0.6) is 5.75 Å². The van der Waals surface area contributed by atoms with Crippen LogP contribution in [0.25, 0.3) is 0 Å². The molecule has 0 bridgehead atoms. The standard InChI is InChI=1S/C21H32O9/c1-11(2)13-6-5-7-14(12(3)4)19(13)30-21(26)28-9-8-27-20-18(25)17(24)16(23)15(10-22)29-20/h5-7,11-12,15-18,20,22-25H,8-10H2,1-4H3/t15-,16-,17+,18-,20?/m1/s1. The van der Waals surface area contributed by atoms with Gasteiger partial charge in [0.1, 0.15) is 36.8 Å². The minimum atomic E-state index is -1.53. The van der Waals surface area contributed by atoms with E-state index in [1.54, 1.807) is 0 Å². The second-order valence-electron chi connectivity index (χ2n) is 7.84. The number of aliphatic hydroxyl groups is 4. The number of carbonyl (C=O) groups is 1. The molecule has 9 heteroatoms. The third-order valence-electron chi connectivity index (χ3n) is 4.94. The Bertz CT molecular complexity index is 663. The van der Waals surface area contributed by atoms with Gasteiger partial charge in [-0.05, 0) is 23.0 Å². The van der Waals surface area contributed by atoms with Crippen molar-refractivity contribution in [2.45, 2.75) is 70.2 Å². The third kappa shape index (κ3) is 5.90. The maximum Gasteiger partial charge on any atom is 0.513 e. The molecule has 1 aromatic carbocycles. The van der Waals surface area contributed by atoms with Crippen molar-refractivity contribution in [3.05, 3.63) is 29.3 Å². The maximum atomic E-state index is 12.2. The molecule has 1 aromatic rings. The molecule has 1 fully saturated rings. The molecule has 1 saturated heterocycles. The van der Waals surface area contributed by atoms with E-state index in [2.05, 4.69) is 0 Å². The summed E-state index contributed by atoms with van der Waals surface area (Å²) in [4.78, 5) is 12.2. The lowest BCUT2D eigenvalue weighted by Crippen LogP contribution is -2.59. The summed E-state index contributed by atoms with van der Waals surface area (Å²) < 4.78 is 21.0. The number of benzene rings is 1. The molecule has 2 rings (SSSR count). The van der Waals surface area contributed by atoms with E-state index < -0.39 is 43.5 Å².